The second-order valence-corrected chi connectivity index (χ2v) is 2.05. The fourth-order valence-electron chi connectivity index (χ4n) is 0.470. The van der Waals surface area contributed by atoms with Crippen molar-refractivity contribution in [3.63, 3.8) is 0 Å². The lowest BCUT2D eigenvalue weighted by atomic mass is 10.6. The topological polar surface area (TPSA) is 37.8 Å². The summed E-state index contributed by atoms with van der Waals surface area (Å²) in [7, 11) is 0. The standard InChI is InChI=1S/C5H7N3S/c1-9-8-5-2-6-4-7-3-5/h2-4,8H,1H3. The van der Waals surface area contributed by atoms with Crippen molar-refractivity contribution >= 4 is 17.6 Å². The maximum absolute atomic E-state index is 3.82. The van der Waals surface area contributed by atoms with Crippen LogP contribution in [0.1, 0.15) is 0 Å². The van der Waals surface area contributed by atoms with Crippen LogP contribution in [0.5, 0.6) is 0 Å². The van der Waals surface area contributed by atoms with Gasteiger partial charge < -0.3 is 4.72 Å². The van der Waals surface area contributed by atoms with Crippen LogP contribution in [0.15, 0.2) is 18.7 Å². The Hall–Kier alpha value is -0.770. The van der Waals surface area contributed by atoms with Crippen LogP contribution >= 0.6 is 11.9 Å². The molecule has 4 heteroatoms. The van der Waals surface area contributed by atoms with E-state index in [1.807, 2.05) is 6.26 Å². The zero-order chi connectivity index (χ0) is 6.53. The average molecular weight is 141 g/mol. The number of hydrogen-bond donors (Lipinski definition) is 1. The predicted octanol–water partition coefficient (Wildman–Crippen LogP) is 1.17. The van der Waals surface area contributed by atoms with Crippen LogP contribution in [0.3, 0.4) is 0 Å². The molecule has 0 bridgehead atoms. The van der Waals surface area contributed by atoms with Crippen LogP contribution in [0.4, 0.5) is 5.69 Å². The van der Waals surface area contributed by atoms with Crippen LogP contribution in [-0.4, -0.2) is 16.2 Å². The highest BCUT2D eigenvalue weighted by Gasteiger charge is 1.84. The van der Waals surface area contributed by atoms with Gasteiger partial charge in [0.15, 0.2) is 0 Å². The molecule has 48 valence electrons. The second kappa shape index (κ2) is 3.29. The summed E-state index contributed by atoms with van der Waals surface area (Å²) in [5, 5.41) is 0. The number of nitrogens with one attached hydrogen (secondary N) is 1. The lowest BCUT2D eigenvalue weighted by molar-refractivity contribution is 1.17. The Labute approximate surface area is 58.0 Å². The minimum atomic E-state index is 0.935. The number of rotatable bonds is 2. The van der Waals surface area contributed by atoms with Gasteiger partial charge in [-0.05, 0) is 0 Å². The molecule has 9 heavy (non-hydrogen) atoms. The molecule has 0 atom stereocenters. The Morgan fingerprint density at radius 1 is 1.44 bits per heavy atom. The summed E-state index contributed by atoms with van der Waals surface area (Å²) < 4.78 is 3.00. The largest absolute Gasteiger partial charge is 0.327 e. The summed E-state index contributed by atoms with van der Waals surface area (Å²) in [5.41, 5.74) is 0.935. The molecule has 1 aromatic heterocycles. The molecule has 1 heterocycles. The molecule has 0 amide bonds. The van der Waals surface area contributed by atoms with Crippen molar-refractivity contribution < 1.29 is 0 Å². The van der Waals surface area contributed by atoms with Crippen molar-refractivity contribution in [3.8, 4) is 0 Å². The van der Waals surface area contributed by atoms with E-state index in [1.165, 1.54) is 18.3 Å². The molecule has 0 saturated carbocycles. The van der Waals surface area contributed by atoms with E-state index in [-0.39, 0.29) is 0 Å². The van der Waals surface area contributed by atoms with E-state index in [0.717, 1.165) is 5.69 Å². The molecule has 0 radical (unpaired) electrons. The van der Waals surface area contributed by atoms with Crippen LogP contribution in [0.25, 0.3) is 0 Å². The first-order valence-corrected chi connectivity index (χ1v) is 3.70. The molecular formula is C5H7N3S. The highest BCUT2D eigenvalue weighted by molar-refractivity contribution is 7.99. The van der Waals surface area contributed by atoms with Gasteiger partial charge in [-0.25, -0.2) is 9.97 Å². The van der Waals surface area contributed by atoms with Gasteiger partial charge in [-0.2, -0.15) is 0 Å². The van der Waals surface area contributed by atoms with Crippen molar-refractivity contribution in [2.45, 2.75) is 0 Å². The molecule has 0 unspecified atom stereocenters. The molecule has 0 aliphatic rings. The van der Waals surface area contributed by atoms with Gasteiger partial charge in [0.25, 0.3) is 0 Å². The maximum atomic E-state index is 3.82. The average Bonchev–Trinajstić information content (AvgIpc) is 1.91. The highest BCUT2D eigenvalue weighted by Crippen LogP contribution is 2.04. The summed E-state index contributed by atoms with van der Waals surface area (Å²) in [6.45, 7) is 0. The van der Waals surface area contributed by atoms with E-state index in [9.17, 15) is 0 Å². The Morgan fingerprint density at radius 3 is 2.67 bits per heavy atom. The fraction of sp³-hybridized carbons (Fsp3) is 0.200. The SMILES string of the molecule is CSNc1cncnc1. The molecule has 0 aromatic carbocycles. The summed E-state index contributed by atoms with van der Waals surface area (Å²) in [6.07, 6.45) is 6.91. The summed E-state index contributed by atoms with van der Waals surface area (Å²) >= 11 is 1.52. The smallest absolute Gasteiger partial charge is 0.115 e. The summed E-state index contributed by atoms with van der Waals surface area (Å²) in [4.78, 5) is 7.63. The van der Waals surface area contributed by atoms with Crippen molar-refractivity contribution in [2.75, 3.05) is 11.0 Å². The van der Waals surface area contributed by atoms with Crippen LogP contribution in [0.2, 0.25) is 0 Å². The molecule has 0 saturated heterocycles. The van der Waals surface area contributed by atoms with Gasteiger partial charge in [-0.15, -0.1) is 0 Å². The molecule has 0 spiro atoms. The van der Waals surface area contributed by atoms with Crippen molar-refractivity contribution in [3.05, 3.63) is 18.7 Å². The van der Waals surface area contributed by atoms with Gasteiger partial charge in [-0.1, -0.05) is 11.9 Å². The van der Waals surface area contributed by atoms with E-state index >= 15 is 0 Å². The maximum Gasteiger partial charge on any atom is 0.115 e. The molecule has 1 N–H and O–H groups in total. The molecule has 0 fully saturated rings. The molecule has 1 aromatic rings. The van der Waals surface area contributed by atoms with Gasteiger partial charge in [0.1, 0.15) is 6.33 Å². The Morgan fingerprint density at radius 2 is 2.11 bits per heavy atom. The molecule has 3 nitrogen and oxygen atoms in total. The zero-order valence-electron chi connectivity index (χ0n) is 5.03. The van der Waals surface area contributed by atoms with E-state index in [1.54, 1.807) is 12.4 Å². The van der Waals surface area contributed by atoms with Gasteiger partial charge in [0.2, 0.25) is 0 Å². The monoisotopic (exact) mass is 141 g/mol. The Bertz CT molecular complexity index is 165. The van der Waals surface area contributed by atoms with Gasteiger partial charge in [0, 0.05) is 6.26 Å². The van der Waals surface area contributed by atoms with Crippen molar-refractivity contribution in [2.24, 2.45) is 0 Å². The number of nitrogens with zero attached hydrogens (tertiary/aromatic N) is 2. The second-order valence-electron chi connectivity index (χ2n) is 1.43. The minimum Gasteiger partial charge on any atom is -0.327 e. The number of anilines is 1. The normalized spacial score (nSPS) is 9.00. The lowest BCUT2D eigenvalue weighted by Gasteiger charge is -1.96. The minimum absolute atomic E-state index is 0.935. The van der Waals surface area contributed by atoms with E-state index in [0.29, 0.717) is 0 Å². The summed E-state index contributed by atoms with van der Waals surface area (Å²) in [6, 6.07) is 0. The quantitative estimate of drug-likeness (QED) is 0.627. The summed E-state index contributed by atoms with van der Waals surface area (Å²) in [5.74, 6) is 0. The Kier molecular flexibility index (Phi) is 2.32. The van der Waals surface area contributed by atoms with Crippen molar-refractivity contribution in [1.29, 1.82) is 0 Å². The first-order chi connectivity index (χ1) is 4.43. The van der Waals surface area contributed by atoms with Gasteiger partial charge >= 0.3 is 0 Å². The molecule has 1 rings (SSSR count). The van der Waals surface area contributed by atoms with E-state index in [4.69, 9.17) is 0 Å². The van der Waals surface area contributed by atoms with Crippen LogP contribution < -0.4 is 4.72 Å². The third kappa shape index (κ3) is 1.89. The van der Waals surface area contributed by atoms with E-state index in [2.05, 4.69) is 14.7 Å². The third-order valence-electron chi connectivity index (χ3n) is 0.780. The van der Waals surface area contributed by atoms with Gasteiger partial charge in [-0.3, -0.25) is 0 Å². The molecule has 0 aliphatic carbocycles. The van der Waals surface area contributed by atoms with Gasteiger partial charge in [0.05, 0.1) is 18.1 Å². The van der Waals surface area contributed by atoms with Crippen LogP contribution in [-0.2, 0) is 0 Å². The fourth-order valence-corrected chi connectivity index (χ4v) is 0.811. The first-order valence-electron chi connectivity index (χ1n) is 2.47. The lowest BCUT2D eigenvalue weighted by Crippen LogP contribution is -1.85. The predicted molar refractivity (Wildman–Crippen MR) is 39.2 cm³/mol. The molecule has 0 aliphatic heterocycles. The van der Waals surface area contributed by atoms with Crippen LogP contribution in [0, 0.1) is 0 Å². The highest BCUT2D eigenvalue weighted by atomic mass is 32.2. The zero-order valence-corrected chi connectivity index (χ0v) is 5.85. The van der Waals surface area contributed by atoms with E-state index < -0.39 is 0 Å². The Balaban J connectivity index is 2.61. The molecular weight excluding hydrogens is 134 g/mol. The van der Waals surface area contributed by atoms with Crippen molar-refractivity contribution in [1.82, 2.24) is 9.97 Å². The number of aromatic nitrogens is 2. The number of hydrogen-bond acceptors (Lipinski definition) is 4. The third-order valence-corrected chi connectivity index (χ3v) is 1.22. The first kappa shape index (κ1) is 6.35.